The zero-order chi connectivity index (χ0) is 20.5. The van der Waals surface area contributed by atoms with Crippen molar-refractivity contribution in [3.8, 4) is 11.7 Å². The third-order valence-corrected chi connectivity index (χ3v) is 5.33. The van der Waals surface area contributed by atoms with Crippen molar-refractivity contribution in [3.05, 3.63) is 90.1 Å². The summed E-state index contributed by atoms with van der Waals surface area (Å²) in [6.45, 7) is 2.78. The minimum Gasteiger partial charge on any atom is -0.494 e. The van der Waals surface area contributed by atoms with Crippen molar-refractivity contribution in [2.45, 2.75) is 13.5 Å². The molecule has 0 atom stereocenters. The zero-order valence-corrected chi connectivity index (χ0v) is 17.0. The Morgan fingerprint density at radius 2 is 1.63 bits per heavy atom. The molecule has 0 unspecified atom stereocenters. The van der Waals surface area contributed by atoms with Crippen LogP contribution in [0.3, 0.4) is 0 Å². The number of hydrogen-bond acceptors (Lipinski definition) is 4. The number of methoxy groups -OCH3 is 1. The maximum absolute atomic E-state index is 5.60. The third-order valence-electron chi connectivity index (χ3n) is 5.33. The van der Waals surface area contributed by atoms with Crippen LogP contribution < -0.4 is 10.1 Å². The van der Waals surface area contributed by atoms with E-state index in [4.69, 9.17) is 14.7 Å². The number of rotatable bonds is 5. The number of para-hydroxylation sites is 2. The van der Waals surface area contributed by atoms with E-state index in [1.54, 1.807) is 7.11 Å². The summed E-state index contributed by atoms with van der Waals surface area (Å²) in [5.41, 5.74) is 4.25. The van der Waals surface area contributed by atoms with Crippen LogP contribution in [-0.4, -0.2) is 21.6 Å². The predicted octanol–water partition coefficient (Wildman–Crippen LogP) is 5.50. The van der Waals surface area contributed by atoms with Crippen LogP contribution in [-0.2, 0) is 6.54 Å². The number of aromatic nitrogens is 3. The topological polar surface area (TPSA) is 52.0 Å². The minimum atomic E-state index is 0.617. The van der Waals surface area contributed by atoms with Gasteiger partial charge in [0.05, 0.1) is 12.6 Å². The van der Waals surface area contributed by atoms with Gasteiger partial charge >= 0.3 is 0 Å². The standard InChI is InChI=1S/C25H22N4O/c1-17-16-29(21-13-7-6-11-19(17)21)25-27-23-20(12-8-14-22(23)30-2)24(28-25)26-15-18-9-4-3-5-10-18/h3-14,16H,15H2,1-2H3,(H,26,27,28). The number of benzene rings is 3. The quantitative estimate of drug-likeness (QED) is 0.427. The van der Waals surface area contributed by atoms with Gasteiger partial charge in [0.2, 0.25) is 5.95 Å². The van der Waals surface area contributed by atoms with Crippen LogP contribution >= 0.6 is 0 Å². The number of fused-ring (bicyclic) bond motifs is 2. The van der Waals surface area contributed by atoms with Gasteiger partial charge in [-0.25, -0.2) is 4.98 Å². The first-order valence-electron chi connectivity index (χ1n) is 9.94. The summed E-state index contributed by atoms with van der Waals surface area (Å²) in [5, 5.41) is 5.63. The molecule has 0 amide bonds. The third kappa shape index (κ3) is 3.14. The van der Waals surface area contributed by atoms with E-state index < -0.39 is 0 Å². The highest BCUT2D eigenvalue weighted by molar-refractivity contribution is 5.94. The van der Waals surface area contributed by atoms with Crippen molar-refractivity contribution in [1.29, 1.82) is 0 Å². The van der Waals surface area contributed by atoms with Gasteiger partial charge in [0.1, 0.15) is 17.1 Å². The molecule has 30 heavy (non-hydrogen) atoms. The normalized spacial score (nSPS) is 11.1. The van der Waals surface area contributed by atoms with Crippen LogP contribution in [0.4, 0.5) is 5.82 Å². The molecule has 0 aliphatic heterocycles. The predicted molar refractivity (Wildman–Crippen MR) is 121 cm³/mol. The number of nitrogens with one attached hydrogen (secondary N) is 1. The fraction of sp³-hybridized carbons (Fsp3) is 0.120. The lowest BCUT2D eigenvalue weighted by molar-refractivity contribution is 0.419. The van der Waals surface area contributed by atoms with E-state index in [-0.39, 0.29) is 0 Å². The van der Waals surface area contributed by atoms with Crippen molar-refractivity contribution in [1.82, 2.24) is 14.5 Å². The largest absolute Gasteiger partial charge is 0.494 e. The summed E-state index contributed by atoms with van der Waals surface area (Å²) < 4.78 is 7.65. The van der Waals surface area contributed by atoms with Gasteiger partial charge in [-0.1, -0.05) is 54.6 Å². The van der Waals surface area contributed by atoms with Crippen LogP contribution in [0.15, 0.2) is 79.0 Å². The van der Waals surface area contributed by atoms with Gasteiger partial charge in [-0.3, -0.25) is 4.57 Å². The lowest BCUT2D eigenvalue weighted by Crippen LogP contribution is -2.07. The first-order valence-corrected chi connectivity index (χ1v) is 9.94. The van der Waals surface area contributed by atoms with Gasteiger partial charge in [0.25, 0.3) is 0 Å². The number of anilines is 1. The monoisotopic (exact) mass is 394 g/mol. The molecule has 2 heterocycles. The molecule has 5 aromatic rings. The summed E-state index contributed by atoms with van der Waals surface area (Å²) in [7, 11) is 1.67. The molecule has 5 nitrogen and oxygen atoms in total. The molecular formula is C25H22N4O. The highest BCUT2D eigenvalue weighted by Crippen LogP contribution is 2.31. The molecular weight excluding hydrogens is 372 g/mol. The van der Waals surface area contributed by atoms with Crippen molar-refractivity contribution >= 4 is 27.6 Å². The average Bonchev–Trinajstić information content (AvgIpc) is 3.14. The van der Waals surface area contributed by atoms with E-state index >= 15 is 0 Å². The lowest BCUT2D eigenvalue weighted by Gasteiger charge is -2.13. The fourth-order valence-electron chi connectivity index (χ4n) is 3.82. The first-order chi connectivity index (χ1) is 14.7. The Bertz CT molecular complexity index is 1340. The van der Waals surface area contributed by atoms with Crippen molar-refractivity contribution in [2.75, 3.05) is 12.4 Å². The van der Waals surface area contributed by atoms with Crippen LogP contribution in [0, 0.1) is 6.92 Å². The number of hydrogen-bond donors (Lipinski definition) is 1. The van der Waals surface area contributed by atoms with Gasteiger partial charge in [-0.2, -0.15) is 4.98 Å². The summed E-state index contributed by atoms with van der Waals surface area (Å²) >= 11 is 0. The molecule has 0 saturated carbocycles. The lowest BCUT2D eigenvalue weighted by atomic mass is 10.2. The van der Waals surface area contributed by atoms with Gasteiger partial charge in [0, 0.05) is 23.5 Å². The van der Waals surface area contributed by atoms with Crippen LogP contribution in [0.2, 0.25) is 0 Å². The Hall–Kier alpha value is -3.86. The SMILES string of the molecule is COc1cccc2c(NCc3ccccc3)nc(-n3cc(C)c4ccccc43)nc12. The molecule has 0 fully saturated rings. The van der Waals surface area contributed by atoms with E-state index in [0.717, 1.165) is 28.0 Å². The molecule has 5 rings (SSSR count). The molecule has 148 valence electrons. The molecule has 3 aromatic carbocycles. The smallest absolute Gasteiger partial charge is 0.236 e. The molecule has 5 heteroatoms. The summed E-state index contributed by atoms with van der Waals surface area (Å²) in [5.74, 6) is 2.13. The van der Waals surface area contributed by atoms with Gasteiger partial charge in [0.15, 0.2) is 0 Å². The number of nitrogens with zero attached hydrogens (tertiary/aromatic N) is 3. The second-order valence-corrected chi connectivity index (χ2v) is 7.27. The van der Waals surface area contributed by atoms with Gasteiger partial charge in [-0.15, -0.1) is 0 Å². The maximum Gasteiger partial charge on any atom is 0.236 e. The van der Waals surface area contributed by atoms with E-state index in [0.29, 0.717) is 12.5 Å². The number of ether oxygens (including phenoxy) is 1. The number of aryl methyl sites for hydroxylation is 1. The minimum absolute atomic E-state index is 0.617. The summed E-state index contributed by atoms with van der Waals surface area (Å²) in [6.07, 6.45) is 2.09. The molecule has 1 N–H and O–H groups in total. The average molecular weight is 394 g/mol. The van der Waals surface area contributed by atoms with Gasteiger partial charge < -0.3 is 10.1 Å². The Morgan fingerprint density at radius 3 is 2.47 bits per heavy atom. The second-order valence-electron chi connectivity index (χ2n) is 7.27. The van der Waals surface area contributed by atoms with Crippen molar-refractivity contribution in [3.63, 3.8) is 0 Å². The molecule has 2 aromatic heterocycles. The van der Waals surface area contributed by atoms with Crippen molar-refractivity contribution < 1.29 is 4.74 Å². The van der Waals surface area contributed by atoms with Crippen molar-refractivity contribution in [2.24, 2.45) is 0 Å². The highest BCUT2D eigenvalue weighted by Gasteiger charge is 2.15. The fourth-order valence-corrected chi connectivity index (χ4v) is 3.82. The summed E-state index contributed by atoms with van der Waals surface area (Å²) in [6, 6.07) is 24.5. The molecule has 0 bridgehead atoms. The molecule has 0 saturated heterocycles. The second kappa shape index (κ2) is 7.52. The Kier molecular flexibility index (Phi) is 4.56. The Balaban J connectivity index is 1.68. The van der Waals surface area contributed by atoms with E-state index in [2.05, 4.69) is 48.8 Å². The molecule has 0 aliphatic carbocycles. The maximum atomic E-state index is 5.60. The van der Waals surface area contributed by atoms with E-state index in [1.807, 2.05) is 47.0 Å². The van der Waals surface area contributed by atoms with Gasteiger partial charge in [-0.05, 0) is 36.2 Å². The van der Waals surface area contributed by atoms with Crippen LogP contribution in [0.25, 0.3) is 27.8 Å². The summed E-state index contributed by atoms with van der Waals surface area (Å²) in [4.78, 5) is 9.79. The Labute approximate surface area is 175 Å². The molecule has 0 aliphatic rings. The van der Waals surface area contributed by atoms with E-state index in [1.165, 1.54) is 16.5 Å². The Morgan fingerprint density at radius 1 is 0.867 bits per heavy atom. The molecule has 0 spiro atoms. The highest BCUT2D eigenvalue weighted by atomic mass is 16.5. The van der Waals surface area contributed by atoms with E-state index in [9.17, 15) is 0 Å². The van der Waals surface area contributed by atoms with Crippen LogP contribution in [0.5, 0.6) is 5.75 Å². The van der Waals surface area contributed by atoms with Crippen LogP contribution in [0.1, 0.15) is 11.1 Å². The first kappa shape index (κ1) is 18.2. The zero-order valence-electron chi connectivity index (χ0n) is 17.0. The molecule has 0 radical (unpaired) electrons.